The summed E-state index contributed by atoms with van der Waals surface area (Å²) in [6.45, 7) is 2.08. The Morgan fingerprint density at radius 1 is 1.11 bits per heavy atom. The highest BCUT2D eigenvalue weighted by Gasteiger charge is 2.07. The molecule has 2 aromatic heterocycles. The van der Waals surface area contributed by atoms with Crippen LogP contribution in [0.5, 0.6) is 0 Å². The monoisotopic (exact) mass is 274 g/mol. The minimum absolute atomic E-state index is 0.522. The molecule has 0 aliphatic carbocycles. The maximum Gasteiger partial charge on any atom is 0.129 e. The van der Waals surface area contributed by atoms with Crippen LogP contribution in [0.2, 0.25) is 5.15 Å². The summed E-state index contributed by atoms with van der Waals surface area (Å²) in [4.78, 5) is 4.37. The Kier molecular flexibility index (Phi) is 2.94. The fourth-order valence-corrected chi connectivity index (χ4v) is 2.81. The molecular formula is C14H11ClN2S. The van der Waals surface area contributed by atoms with Gasteiger partial charge in [-0.25, -0.2) is 4.98 Å². The van der Waals surface area contributed by atoms with Gasteiger partial charge in [0.15, 0.2) is 0 Å². The van der Waals surface area contributed by atoms with Gasteiger partial charge in [-0.1, -0.05) is 29.8 Å². The van der Waals surface area contributed by atoms with Crippen molar-refractivity contribution >= 4 is 44.5 Å². The number of halogens is 1. The molecule has 0 radical (unpaired) electrons. The first-order valence-electron chi connectivity index (χ1n) is 5.60. The fourth-order valence-electron chi connectivity index (χ4n) is 1.84. The molecule has 0 aliphatic heterocycles. The summed E-state index contributed by atoms with van der Waals surface area (Å²) in [6, 6.07) is 12.0. The van der Waals surface area contributed by atoms with Crippen LogP contribution in [0.15, 0.2) is 41.8 Å². The van der Waals surface area contributed by atoms with Gasteiger partial charge in [0.25, 0.3) is 0 Å². The molecule has 4 heteroatoms. The van der Waals surface area contributed by atoms with Crippen LogP contribution in [-0.2, 0) is 0 Å². The fraction of sp³-hybridized carbons (Fsp3) is 0.0714. The van der Waals surface area contributed by atoms with Crippen LogP contribution < -0.4 is 5.32 Å². The molecule has 0 amide bonds. The van der Waals surface area contributed by atoms with Crippen molar-refractivity contribution in [2.45, 2.75) is 6.92 Å². The largest absolute Gasteiger partial charge is 0.353 e. The standard InChI is InChI=1S/C14H11ClN2S/c1-9-4-2-3-5-10(9)16-11-8-18-12-6-7-13(15)17-14(11)12/h2-8,16H,1H3. The van der Waals surface area contributed by atoms with E-state index in [1.54, 1.807) is 11.3 Å². The maximum absolute atomic E-state index is 5.95. The number of anilines is 2. The van der Waals surface area contributed by atoms with E-state index in [0.717, 1.165) is 21.6 Å². The molecule has 1 N–H and O–H groups in total. The van der Waals surface area contributed by atoms with E-state index in [-0.39, 0.29) is 0 Å². The van der Waals surface area contributed by atoms with E-state index in [9.17, 15) is 0 Å². The van der Waals surface area contributed by atoms with Gasteiger partial charge >= 0.3 is 0 Å². The summed E-state index contributed by atoms with van der Waals surface area (Å²) in [5.74, 6) is 0. The van der Waals surface area contributed by atoms with Crippen LogP contribution in [0.25, 0.3) is 10.2 Å². The van der Waals surface area contributed by atoms with Crippen molar-refractivity contribution in [1.29, 1.82) is 0 Å². The first-order chi connectivity index (χ1) is 8.74. The zero-order valence-corrected chi connectivity index (χ0v) is 11.3. The highest BCUT2D eigenvalue weighted by atomic mass is 35.5. The number of pyridine rings is 1. The number of hydrogen-bond acceptors (Lipinski definition) is 3. The predicted molar refractivity (Wildman–Crippen MR) is 79.1 cm³/mol. The van der Waals surface area contributed by atoms with E-state index >= 15 is 0 Å². The third-order valence-corrected chi connectivity index (χ3v) is 3.94. The molecule has 3 aromatic rings. The molecule has 2 nitrogen and oxygen atoms in total. The Bertz CT molecular complexity index is 706. The molecular weight excluding hydrogens is 264 g/mol. The van der Waals surface area contributed by atoms with Gasteiger partial charge in [-0.15, -0.1) is 11.3 Å². The average Bonchev–Trinajstić information content (AvgIpc) is 2.75. The Hall–Kier alpha value is -1.58. The number of aromatic nitrogens is 1. The van der Waals surface area contributed by atoms with Gasteiger partial charge in [0.1, 0.15) is 10.7 Å². The van der Waals surface area contributed by atoms with Crippen LogP contribution in [0.4, 0.5) is 11.4 Å². The zero-order valence-electron chi connectivity index (χ0n) is 9.77. The minimum Gasteiger partial charge on any atom is -0.353 e. The number of thiophene rings is 1. The van der Waals surface area contributed by atoms with Crippen LogP contribution in [-0.4, -0.2) is 4.98 Å². The van der Waals surface area contributed by atoms with Gasteiger partial charge in [0, 0.05) is 11.1 Å². The molecule has 3 rings (SSSR count). The Morgan fingerprint density at radius 2 is 1.94 bits per heavy atom. The van der Waals surface area contributed by atoms with Gasteiger partial charge in [-0.2, -0.15) is 0 Å². The topological polar surface area (TPSA) is 24.9 Å². The van der Waals surface area contributed by atoms with Crippen LogP contribution in [0.3, 0.4) is 0 Å². The predicted octanol–water partition coefficient (Wildman–Crippen LogP) is 5.00. The highest BCUT2D eigenvalue weighted by molar-refractivity contribution is 7.17. The molecule has 18 heavy (non-hydrogen) atoms. The molecule has 0 saturated carbocycles. The Balaban J connectivity index is 2.05. The third-order valence-electron chi connectivity index (χ3n) is 2.80. The number of nitrogens with zero attached hydrogens (tertiary/aromatic N) is 1. The van der Waals surface area contributed by atoms with Gasteiger partial charge in [-0.3, -0.25) is 0 Å². The second-order valence-electron chi connectivity index (χ2n) is 4.07. The summed E-state index contributed by atoms with van der Waals surface area (Å²) in [6.07, 6.45) is 0. The quantitative estimate of drug-likeness (QED) is 0.665. The number of benzene rings is 1. The van der Waals surface area contributed by atoms with Crippen molar-refractivity contribution in [3.63, 3.8) is 0 Å². The maximum atomic E-state index is 5.95. The molecule has 90 valence electrons. The number of fused-ring (bicyclic) bond motifs is 1. The molecule has 0 unspecified atom stereocenters. The van der Waals surface area contributed by atoms with E-state index in [1.165, 1.54) is 5.56 Å². The van der Waals surface area contributed by atoms with Crippen molar-refractivity contribution in [3.8, 4) is 0 Å². The molecule has 0 aliphatic rings. The number of nitrogens with one attached hydrogen (secondary N) is 1. The first kappa shape index (κ1) is 11.5. The van der Waals surface area contributed by atoms with Crippen LogP contribution in [0, 0.1) is 6.92 Å². The van der Waals surface area contributed by atoms with Crippen molar-refractivity contribution < 1.29 is 0 Å². The summed E-state index contributed by atoms with van der Waals surface area (Å²) in [5, 5.41) is 6.00. The smallest absolute Gasteiger partial charge is 0.129 e. The zero-order chi connectivity index (χ0) is 12.5. The van der Waals surface area contributed by atoms with Gasteiger partial charge in [0.2, 0.25) is 0 Å². The molecule has 0 bridgehead atoms. The second-order valence-corrected chi connectivity index (χ2v) is 5.37. The van der Waals surface area contributed by atoms with E-state index in [0.29, 0.717) is 5.15 Å². The number of aryl methyl sites for hydroxylation is 1. The molecule has 2 heterocycles. The Morgan fingerprint density at radius 3 is 2.78 bits per heavy atom. The lowest BCUT2D eigenvalue weighted by atomic mass is 10.2. The normalized spacial score (nSPS) is 10.8. The summed E-state index contributed by atoms with van der Waals surface area (Å²) < 4.78 is 1.13. The minimum atomic E-state index is 0.522. The van der Waals surface area contributed by atoms with Gasteiger partial charge < -0.3 is 5.32 Å². The van der Waals surface area contributed by atoms with Crippen molar-refractivity contribution in [2.24, 2.45) is 0 Å². The Labute approximate surface area is 114 Å². The molecule has 0 spiro atoms. The van der Waals surface area contributed by atoms with Crippen molar-refractivity contribution in [2.75, 3.05) is 5.32 Å². The van der Waals surface area contributed by atoms with Gasteiger partial charge in [-0.05, 0) is 30.7 Å². The molecule has 0 atom stereocenters. The van der Waals surface area contributed by atoms with Gasteiger partial charge in [0.05, 0.1) is 10.4 Å². The molecule has 0 fully saturated rings. The van der Waals surface area contributed by atoms with Crippen molar-refractivity contribution in [1.82, 2.24) is 4.98 Å². The van der Waals surface area contributed by atoms with E-state index in [2.05, 4.69) is 34.7 Å². The summed E-state index contributed by atoms with van der Waals surface area (Å²) in [7, 11) is 0. The van der Waals surface area contributed by atoms with Crippen molar-refractivity contribution in [3.05, 3.63) is 52.5 Å². The summed E-state index contributed by atoms with van der Waals surface area (Å²) >= 11 is 7.61. The lowest BCUT2D eigenvalue weighted by Crippen LogP contribution is -1.92. The van der Waals surface area contributed by atoms with E-state index in [1.807, 2.05) is 24.3 Å². The number of para-hydroxylation sites is 1. The molecule has 1 aromatic carbocycles. The average molecular weight is 275 g/mol. The number of hydrogen-bond donors (Lipinski definition) is 1. The highest BCUT2D eigenvalue weighted by Crippen LogP contribution is 2.32. The lowest BCUT2D eigenvalue weighted by molar-refractivity contribution is 1.40. The van der Waals surface area contributed by atoms with Crippen LogP contribution in [0.1, 0.15) is 5.56 Å². The number of rotatable bonds is 2. The van der Waals surface area contributed by atoms with Crippen LogP contribution >= 0.6 is 22.9 Å². The lowest BCUT2D eigenvalue weighted by Gasteiger charge is -2.07. The first-order valence-corrected chi connectivity index (χ1v) is 6.86. The molecule has 0 saturated heterocycles. The van der Waals surface area contributed by atoms with E-state index < -0.39 is 0 Å². The van der Waals surface area contributed by atoms with E-state index in [4.69, 9.17) is 11.6 Å². The SMILES string of the molecule is Cc1ccccc1Nc1csc2ccc(Cl)nc12. The summed E-state index contributed by atoms with van der Waals surface area (Å²) in [5.41, 5.74) is 4.24. The second kappa shape index (κ2) is 4.59. The third kappa shape index (κ3) is 2.07.